The van der Waals surface area contributed by atoms with Gasteiger partial charge in [0.05, 0.1) is 0 Å². The number of hydrogen-bond donors (Lipinski definition) is 4. The van der Waals surface area contributed by atoms with Crippen LogP contribution in [0.2, 0.25) is 0 Å². The lowest BCUT2D eigenvalue weighted by Crippen LogP contribution is -1.96. The van der Waals surface area contributed by atoms with Crippen LogP contribution in [0, 0.1) is 0 Å². The molecule has 0 aromatic heterocycles. The highest BCUT2D eigenvalue weighted by Gasteiger charge is 1.96. The first-order valence-electron chi connectivity index (χ1n) is 2.06. The van der Waals surface area contributed by atoms with Gasteiger partial charge in [0, 0.05) is 0 Å². The van der Waals surface area contributed by atoms with Crippen LogP contribution in [0.1, 0.15) is 0 Å². The summed E-state index contributed by atoms with van der Waals surface area (Å²) in [7, 11) is 0. The highest BCUT2D eigenvalue weighted by atomic mass is 32.3. The molecule has 0 amide bonds. The predicted molar refractivity (Wildman–Crippen MR) is 45.3 cm³/mol. The Bertz CT molecular complexity index is 191. The van der Waals surface area contributed by atoms with Crippen molar-refractivity contribution in [1.29, 1.82) is 0 Å². The van der Waals surface area contributed by atoms with E-state index >= 15 is 0 Å². The topological polar surface area (TPSA) is 168 Å². The molecule has 0 saturated carbocycles. The van der Waals surface area contributed by atoms with E-state index < -0.39 is 45.4 Å². The molecule has 14 heavy (non-hydrogen) atoms. The molecule has 10 nitrogen and oxygen atoms in total. The third-order valence-electron chi connectivity index (χ3n) is 0.233. The molecule has 0 heterocycles. The molecule has 0 unspecified atom stereocenters. The minimum Gasteiger partial charge on any atom is -0.283 e. The van der Waals surface area contributed by atoms with Crippen LogP contribution in [0.3, 0.4) is 0 Å². The summed E-state index contributed by atoms with van der Waals surface area (Å²) < 4.78 is 74.5. The summed E-state index contributed by atoms with van der Waals surface area (Å²) >= 11 is -10.6. The number of hydrogen-bond acceptors (Lipinski definition) is 6. The standard InChI is InChI=1S/2H2O5S2/c2*1-6(2)5-7(3)4/h2*(H,1,2)(H,3,4). The second-order valence-corrected chi connectivity index (χ2v) is 3.83. The summed E-state index contributed by atoms with van der Waals surface area (Å²) in [5.41, 5.74) is 0. The van der Waals surface area contributed by atoms with Gasteiger partial charge in [-0.05, 0) is 0 Å². The largest absolute Gasteiger partial charge is 0.317 e. The Balaban J connectivity index is 0. The molecule has 4 N–H and O–H groups in total. The minimum absolute atomic E-state index is 2.65. The lowest BCUT2D eigenvalue weighted by molar-refractivity contribution is 0.424. The highest BCUT2D eigenvalue weighted by molar-refractivity contribution is 7.88. The van der Waals surface area contributed by atoms with Crippen LogP contribution in [-0.4, -0.2) is 35.0 Å². The summed E-state index contributed by atoms with van der Waals surface area (Å²) in [6.07, 6.45) is 0. The summed E-state index contributed by atoms with van der Waals surface area (Å²) in [6, 6.07) is 0. The third kappa shape index (κ3) is 22.8. The van der Waals surface area contributed by atoms with E-state index in [1.54, 1.807) is 0 Å². The maximum Gasteiger partial charge on any atom is 0.317 e. The van der Waals surface area contributed by atoms with Gasteiger partial charge >= 0.3 is 45.4 Å². The zero-order chi connectivity index (χ0) is 11.7. The van der Waals surface area contributed by atoms with Crippen LogP contribution in [0.15, 0.2) is 0 Å². The van der Waals surface area contributed by atoms with Crippen molar-refractivity contribution >= 4 is 45.4 Å². The van der Waals surface area contributed by atoms with Crippen molar-refractivity contribution in [2.24, 2.45) is 0 Å². The molecular weight excluding hydrogens is 288 g/mol. The van der Waals surface area contributed by atoms with Gasteiger partial charge in [0.1, 0.15) is 0 Å². The van der Waals surface area contributed by atoms with Gasteiger partial charge in [-0.3, -0.25) is 18.2 Å². The normalized spacial score (nSPS) is 18.6. The SMILES string of the molecule is O=S(O)OS(=O)O.O=S(O)OS(=O)O. The third-order valence-corrected chi connectivity index (χ3v) is 2.10. The average Bonchev–Trinajstić information content (AvgIpc) is 1.79. The van der Waals surface area contributed by atoms with Crippen molar-refractivity contribution in [1.82, 2.24) is 0 Å². The second-order valence-electron chi connectivity index (χ2n) is 1.00. The van der Waals surface area contributed by atoms with Crippen LogP contribution in [0.5, 0.6) is 0 Å². The lowest BCUT2D eigenvalue weighted by Gasteiger charge is -1.83. The monoisotopic (exact) mass is 292 g/mol. The van der Waals surface area contributed by atoms with Crippen molar-refractivity contribution < 1.29 is 42.3 Å². The maximum atomic E-state index is 9.35. The fourth-order valence-electron chi connectivity index (χ4n) is 0.0996. The Morgan fingerprint density at radius 1 is 0.571 bits per heavy atom. The van der Waals surface area contributed by atoms with Crippen LogP contribution >= 0.6 is 0 Å². The highest BCUT2D eigenvalue weighted by Crippen LogP contribution is 1.80. The van der Waals surface area contributed by atoms with Gasteiger partial charge in [-0.25, -0.2) is 0 Å². The molecule has 0 aliphatic heterocycles. The fourth-order valence-corrected chi connectivity index (χ4v) is 0.896. The van der Waals surface area contributed by atoms with Gasteiger partial charge in [0.2, 0.25) is 0 Å². The Morgan fingerprint density at radius 3 is 0.714 bits per heavy atom. The van der Waals surface area contributed by atoms with Gasteiger partial charge < -0.3 is 0 Å². The molecule has 0 aliphatic carbocycles. The van der Waals surface area contributed by atoms with Crippen LogP contribution < -0.4 is 0 Å². The molecule has 88 valence electrons. The Morgan fingerprint density at radius 2 is 0.714 bits per heavy atom. The first-order valence-corrected chi connectivity index (χ1v) is 6.19. The molecule has 0 bridgehead atoms. The quantitative estimate of drug-likeness (QED) is 0.450. The molecule has 14 heteroatoms. The minimum atomic E-state index is -2.65. The van der Waals surface area contributed by atoms with Gasteiger partial charge in [-0.2, -0.15) is 16.8 Å². The summed E-state index contributed by atoms with van der Waals surface area (Å²) in [5, 5.41) is 0. The first-order chi connectivity index (χ1) is 6.25. The smallest absolute Gasteiger partial charge is 0.283 e. The van der Waals surface area contributed by atoms with Gasteiger partial charge in [0.15, 0.2) is 0 Å². The van der Waals surface area contributed by atoms with E-state index in [0.29, 0.717) is 0 Å². The summed E-state index contributed by atoms with van der Waals surface area (Å²) in [6.45, 7) is 0. The summed E-state index contributed by atoms with van der Waals surface area (Å²) in [5.74, 6) is 0. The average molecular weight is 292 g/mol. The number of rotatable bonds is 4. The van der Waals surface area contributed by atoms with Crippen molar-refractivity contribution in [3.05, 3.63) is 0 Å². The van der Waals surface area contributed by atoms with Gasteiger partial charge in [-0.1, -0.05) is 0 Å². The molecule has 0 saturated heterocycles. The van der Waals surface area contributed by atoms with Crippen molar-refractivity contribution in [3.63, 3.8) is 0 Å². The van der Waals surface area contributed by atoms with Crippen molar-refractivity contribution in [2.45, 2.75) is 0 Å². The van der Waals surface area contributed by atoms with E-state index in [-0.39, 0.29) is 0 Å². The Kier molecular flexibility index (Phi) is 11.9. The van der Waals surface area contributed by atoms with E-state index in [1.165, 1.54) is 0 Å². The molecule has 0 fully saturated rings. The zero-order valence-electron chi connectivity index (χ0n) is 5.87. The summed E-state index contributed by atoms with van der Waals surface area (Å²) in [4.78, 5) is 0. The van der Waals surface area contributed by atoms with E-state index in [4.69, 9.17) is 18.2 Å². The molecule has 0 aliphatic rings. The van der Waals surface area contributed by atoms with Crippen molar-refractivity contribution in [3.8, 4) is 0 Å². The van der Waals surface area contributed by atoms with E-state index in [2.05, 4.69) is 7.26 Å². The van der Waals surface area contributed by atoms with E-state index in [9.17, 15) is 16.8 Å². The maximum absolute atomic E-state index is 9.35. The molecule has 0 aromatic carbocycles. The first kappa shape index (κ1) is 16.8. The molecule has 0 spiro atoms. The molecule has 0 atom stereocenters. The molecular formula is H4O10S4. The van der Waals surface area contributed by atoms with Crippen molar-refractivity contribution in [2.75, 3.05) is 0 Å². The van der Waals surface area contributed by atoms with E-state index in [0.717, 1.165) is 0 Å². The van der Waals surface area contributed by atoms with Crippen LogP contribution in [0.4, 0.5) is 0 Å². The Labute approximate surface area is 88.0 Å². The molecule has 0 rings (SSSR count). The fraction of sp³-hybridized carbons (Fsp3) is 0. The van der Waals surface area contributed by atoms with E-state index in [1.807, 2.05) is 0 Å². The Hall–Kier alpha value is 0.360. The second kappa shape index (κ2) is 9.90. The lowest BCUT2D eigenvalue weighted by atomic mass is 15.8. The van der Waals surface area contributed by atoms with Crippen LogP contribution in [-0.2, 0) is 52.7 Å². The molecule has 0 aromatic rings. The zero-order valence-corrected chi connectivity index (χ0v) is 9.14. The predicted octanol–water partition coefficient (Wildman–Crippen LogP) is -1.45. The van der Waals surface area contributed by atoms with Gasteiger partial charge in [0.25, 0.3) is 0 Å². The molecule has 0 radical (unpaired) electrons. The van der Waals surface area contributed by atoms with Gasteiger partial charge in [-0.15, -0.1) is 7.26 Å². The van der Waals surface area contributed by atoms with Crippen LogP contribution in [0.25, 0.3) is 0 Å².